The van der Waals surface area contributed by atoms with Gasteiger partial charge in [0.15, 0.2) is 12.7 Å². The fourth-order valence-corrected chi connectivity index (χ4v) is 2.97. The van der Waals surface area contributed by atoms with Gasteiger partial charge in [-0.1, -0.05) is 37.5 Å². The van der Waals surface area contributed by atoms with Crippen molar-refractivity contribution in [2.24, 2.45) is 0 Å². The van der Waals surface area contributed by atoms with Gasteiger partial charge < -0.3 is 0 Å². The second-order valence-electron chi connectivity index (χ2n) is 7.27. The Bertz CT molecular complexity index is 1010. The van der Waals surface area contributed by atoms with Gasteiger partial charge in [-0.2, -0.15) is 13.2 Å². The molecule has 0 bridgehead atoms. The van der Waals surface area contributed by atoms with E-state index in [2.05, 4.69) is 31.6 Å². The van der Waals surface area contributed by atoms with E-state index in [0.717, 1.165) is 11.6 Å². The number of nitrogens with zero attached hydrogens (tertiary/aromatic N) is 3. The number of halogens is 3. The van der Waals surface area contributed by atoms with Gasteiger partial charge in [0.25, 0.3) is 5.69 Å². The number of hydrogen-bond acceptors (Lipinski definition) is 0. The summed E-state index contributed by atoms with van der Waals surface area (Å²) < 4.78 is 43.4. The van der Waals surface area contributed by atoms with Crippen molar-refractivity contribution in [1.29, 1.82) is 0 Å². The Labute approximate surface area is 150 Å². The Kier molecular flexibility index (Phi) is 4.01. The van der Waals surface area contributed by atoms with Crippen molar-refractivity contribution in [1.82, 2.24) is 4.58 Å². The van der Waals surface area contributed by atoms with Crippen molar-refractivity contribution in [3.8, 4) is 0 Å². The number of rotatable bonds is 1. The summed E-state index contributed by atoms with van der Waals surface area (Å²) in [4.78, 5) is 3.21. The van der Waals surface area contributed by atoms with E-state index in [1.807, 2.05) is 24.3 Å². The lowest BCUT2D eigenvalue weighted by molar-refractivity contribution is -0.397. The molecule has 0 aromatic heterocycles. The minimum absolute atomic E-state index is 0.00561. The minimum Gasteiger partial charge on any atom is -0.238 e. The standard InChI is InChI=1S/C20H18F3N3/c1-19(2,3)13-7-6-8-15(9-13)26-12-25(5)18-16(20(21,22)23)10-14(24-4)11-17(18)26/h6-11H,1-3,5H3/q+2. The predicted molar refractivity (Wildman–Crippen MR) is 95.2 cm³/mol. The molecule has 0 saturated heterocycles. The Hall–Kier alpha value is -2.90. The zero-order valence-electron chi connectivity index (χ0n) is 14.9. The fourth-order valence-electron chi connectivity index (χ4n) is 2.97. The molecule has 3 nitrogen and oxygen atoms in total. The highest BCUT2D eigenvalue weighted by molar-refractivity contribution is 5.80. The van der Waals surface area contributed by atoms with Gasteiger partial charge in [-0.25, -0.2) is 4.85 Å². The zero-order chi connectivity index (χ0) is 19.3. The molecule has 3 rings (SSSR count). The molecule has 0 N–H and O–H groups in total. The first-order chi connectivity index (χ1) is 12.0. The van der Waals surface area contributed by atoms with E-state index in [1.54, 1.807) is 4.58 Å². The fraction of sp³-hybridized carbons (Fsp3) is 0.300. The van der Waals surface area contributed by atoms with Gasteiger partial charge in [0, 0.05) is 18.2 Å². The smallest absolute Gasteiger partial charge is 0.238 e. The molecule has 0 atom stereocenters. The second kappa shape index (κ2) is 5.82. The van der Waals surface area contributed by atoms with Gasteiger partial charge in [-0.15, -0.1) is 0 Å². The third-order valence-corrected chi connectivity index (χ3v) is 4.31. The summed E-state index contributed by atoms with van der Waals surface area (Å²) in [5.74, 6) is 0. The third-order valence-electron chi connectivity index (χ3n) is 4.31. The summed E-state index contributed by atoms with van der Waals surface area (Å²) in [7, 11) is 1.53. The van der Waals surface area contributed by atoms with E-state index in [-0.39, 0.29) is 16.8 Å². The lowest BCUT2D eigenvalue weighted by Gasteiger charge is -2.18. The highest BCUT2D eigenvalue weighted by Crippen LogP contribution is 2.45. The third kappa shape index (κ3) is 3.02. The SMILES string of the molecule is [C-]#[N+]c1cc2c(c(C(F)(F)F)c1)[N+](C)=C=[N+]2c1cccc(C(C)(C)C)c1. The van der Waals surface area contributed by atoms with Crippen LogP contribution in [0.5, 0.6) is 0 Å². The Morgan fingerprint density at radius 1 is 1.08 bits per heavy atom. The second-order valence-corrected chi connectivity index (χ2v) is 7.27. The molecule has 0 spiro atoms. The highest BCUT2D eigenvalue weighted by Gasteiger charge is 2.45. The molecule has 2 aromatic carbocycles. The van der Waals surface area contributed by atoms with Crippen LogP contribution in [-0.2, 0) is 11.6 Å². The largest absolute Gasteiger partial charge is 0.496 e. The summed E-state index contributed by atoms with van der Waals surface area (Å²) in [6.45, 7) is 13.4. The molecule has 0 aliphatic carbocycles. The number of fused-ring (bicyclic) bond motifs is 1. The van der Waals surface area contributed by atoms with Crippen molar-refractivity contribution in [2.45, 2.75) is 32.4 Å². The molecule has 1 aliphatic heterocycles. The minimum atomic E-state index is -4.55. The van der Waals surface area contributed by atoms with Crippen LogP contribution in [0.2, 0.25) is 0 Å². The van der Waals surface area contributed by atoms with Gasteiger partial charge in [-0.3, -0.25) is 0 Å². The van der Waals surface area contributed by atoms with E-state index in [0.29, 0.717) is 11.4 Å². The van der Waals surface area contributed by atoms with Crippen LogP contribution >= 0.6 is 0 Å². The Morgan fingerprint density at radius 2 is 1.77 bits per heavy atom. The van der Waals surface area contributed by atoms with Crippen LogP contribution in [0.15, 0.2) is 36.4 Å². The molecule has 1 heterocycles. The van der Waals surface area contributed by atoms with Crippen LogP contribution in [0.25, 0.3) is 4.85 Å². The average Bonchev–Trinajstić information content (AvgIpc) is 2.89. The number of alkyl halides is 3. The van der Waals surface area contributed by atoms with E-state index in [4.69, 9.17) is 6.57 Å². The summed E-state index contributed by atoms with van der Waals surface area (Å²) >= 11 is 0. The van der Waals surface area contributed by atoms with Gasteiger partial charge in [-0.05, 0) is 21.6 Å². The molecule has 2 aromatic rings. The maximum absolute atomic E-state index is 13.5. The Balaban J connectivity index is 2.25. The first-order valence-electron chi connectivity index (χ1n) is 8.06. The van der Waals surface area contributed by atoms with Gasteiger partial charge >= 0.3 is 17.9 Å². The van der Waals surface area contributed by atoms with Crippen molar-refractivity contribution in [3.63, 3.8) is 0 Å². The monoisotopic (exact) mass is 357 g/mol. The molecular weight excluding hydrogens is 339 g/mol. The highest BCUT2D eigenvalue weighted by atomic mass is 19.4. The molecule has 0 saturated carbocycles. The molecule has 0 radical (unpaired) electrons. The van der Waals surface area contributed by atoms with E-state index in [9.17, 15) is 13.2 Å². The normalized spacial score (nSPS) is 13.8. The molecule has 1 aliphatic rings. The quantitative estimate of drug-likeness (QED) is 0.448. The summed E-state index contributed by atoms with van der Waals surface area (Å²) in [5, 5.41) is 0. The van der Waals surface area contributed by atoms with E-state index in [1.165, 1.54) is 17.7 Å². The van der Waals surface area contributed by atoms with Crippen LogP contribution in [0.3, 0.4) is 0 Å². The topological polar surface area (TPSA) is 10.4 Å². The average molecular weight is 357 g/mol. The molecule has 0 fully saturated rings. The predicted octanol–water partition coefficient (Wildman–Crippen LogP) is 5.85. The molecule has 0 amide bonds. The van der Waals surface area contributed by atoms with E-state index < -0.39 is 11.7 Å². The van der Waals surface area contributed by atoms with Crippen LogP contribution < -0.4 is 4.58 Å². The summed E-state index contributed by atoms with van der Waals surface area (Å²) in [6.07, 6.45) is -4.55. The Morgan fingerprint density at radius 3 is 2.35 bits per heavy atom. The van der Waals surface area contributed by atoms with Crippen LogP contribution in [0.1, 0.15) is 31.9 Å². The van der Waals surface area contributed by atoms with Crippen LogP contribution in [-0.4, -0.2) is 17.6 Å². The molecule has 132 valence electrons. The van der Waals surface area contributed by atoms with E-state index >= 15 is 0 Å². The maximum atomic E-state index is 13.5. The van der Waals surface area contributed by atoms with Gasteiger partial charge in [0.2, 0.25) is 5.69 Å². The molecule has 26 heavy (non-hydrogen) atoms. The molecular formula is C20H18F3N3+2. The van der Waals surface area contributed by atoms with Gasteiger partial charge in [0.1, 0.15) is 5.56 Å². The zero-order valence-corrected chi connectivity index (χ0v) is 14.9. The first-order valence-corrected chi connectivity index (χ1v) is 8.06. The van der Waals surface area contributed by atoms with Crippen molar-refractivity contribution in [3.05, 3.63) is 58.9 Å². The van der Waals surface area contributed by atoms with Crippen molar-refractivity contribution in [2.75, 3.05) is 7.05 Å². The van der Waals surface area contributed by atoms with Gasteiger partial charge in [0.05, 0.1) is 6.57 Å². The lowest BCUT2D eigenvalue weighted by Crippen LogP contribution is -2.12. The first kappa shape index (κ1) is 17.9. The van der Waals surface area contributed by atoms with Crippen LogP contribution in [0, 0.1) is 6.57 Å². The molecule has 6 heteroatoms. The number of benzene rings is 2. The van der Waals surface area contributed by atoms with Crippen molar-refractivity contribution < 1.29 is 17.7 Å². The summed E-state index contributed by atoms with van der Waals surface area (Å²) in [5.41, 5.74) is 1.10. The number of hydrogen-bond donors (Lipinski definition) is 0. The summed E-state index contributed by atoms with van der Waals surface area (Å²) in [6, 6.07) is 12.9. The maximum Gasteiger partial charge on any atom is 0.496 e. The van der Waals surface area contributed by atoms with Crippen molar-refractivity contribution >= 4 is 28.8 Å². The van der Waals surface area contributed by atoms with Crippen LogP contribution in [0.4, 0.5) is 35.9 Å². The lowest BCUT2D eigenvalue weighted by atomic mass is 9.87. The molecule has 0 unspecified atom stereocenters.